The fourth-order valence-electron chi connectivity index (χ4n) is 4.43. The molecule has 0 radical (unpaired) electrons. The first-order valence-electron chi connectivity index (χ1n) is 13.2. The lowest BCUT2D eigenvalue weighted by Gasteiger charge is -2.28. The van der Waals surface area contributed by atoms with Crippen molar-refractivity contribution in [1.29, 1.82) is 0 Å². The minimum atomic E-state index is -0.561. The van der Waals surface area contributed by atoms with Crippen LogP contribution in [0.3, 0.4) is 0 Å². The maximum absolute atomic E-state index is 13.0. The smallest absolute Gasteiger partial charge is 0.338 e. The predicted octanol–water partition coefficient (Wildman–Crippen LogP) is 7.04. The van der Waals surface area contributed by atoms with Crippen molar-refractivity contribution in [3.63, 3.8) is 0 Å². The van der Waals surface area contributed by atoms with Crippen LogP contribution >= 0.6 is 23.4 Å². The Hall–Kier alpha value is -3.17. The van der Waals surface area contributed by atoms with Crippen LogP contribution in [0, 0.1) is 0 Å². The average molecular weight is 571 g/mol. The molecule has 0 fully saturated rings. The van der Waals surface area contributed by atoms with E-state index < -0.39 is 12.0 Å². The fourth-order valence-corrected chi connectivity index (χ4v) is 5.54. The zero-order valence-electron chi connectivity index (χ0n) is 22.8. The van der Waals surface area contributed by atoms with Crippen LogP contribution in [0.1, 0.15) is 63.6 Å². The highest BCUT2D eigenvalue weighted by molar-refractivity contribution is 7.98. The summed E-state index contributed by atoms with van der Waals surface area (Å²) in [5.74, 6) is 2.02. The van der Waals surface area contributed by atoms with Gasteiger partial charge in [0.25, 0.3) is 0 Å². The SMILES string of the molecule is CCCCCCOc1ccc(C2C(C(=O)OC)=C(C)Nc3nc(SCc4ccccc4Cl)nn32)cc1OCC. The molecule has 2 heterocycles. The van der Waals surface area contributed by atoms with Gasteiger partial charge in [-0.05, 0) is 49.6 Å². The van der Waals surface area contributed by atoms with E-state index in [-0.39, 0.29) is 0 Å². The summed E-state index contributed by atoms with van der Waals surface area (Å²) in [7, 11) is 1.38. The van der Waals surface area contributed by atoms with Crippen molar-refractivity contribution in [2.45, 2.75) is 63.4 Å². The molecule has 0 spiro atoms. The van der Waals surface area contributed by atoms with Crippen LogP contribution in [-0.4, -0.2) is 41.1 Å². The lowest BCUT2D eigenvalue weighted by molar-refractivity contribution is -0.136. The molecule has 1 aromatic heterocycles. The number of esters is 1. The highest BCUT2D eigenvalue weighted by Gasteiger charge is 2.35. The first-order valence-corrected chi connectivity index (χ1v) is 14.6. The number of hydrogen-bond acceptors (Lipinski definition) is 8. The second-order valence-electron chi connectivity index (χ2n) is 9.15. The number of benzene rings is 2. The molecular weight excluding hydrogens is 536 g/mol. The first kappa shape index (κ1) is 28.8. The van der Waals surface area contributed by atoms with E-state index in [1.54, 1.807) is 4.68 Å². The van der Waals surface area contributed by atoms with Crippen molar-refractivity contribution >= 4 is 35.3 Å². The Kier molecular flexibility index (Phi) is 10.2. The Balaban J connectivity index is 1.66. The van der Waals surface area contributed by atoms with E-state index in [0.29, 0.717) is 57.9 Å². The number of hydrogen-bond donors (Lipinski definition) is 1. The largest absolute Gasteiger partial charge is 0.490 e. The summed E-state index contributed by atoms with van der Waals surface area (Å²) < 4.78 is 18.9. The number of nitrogens with zero attached hydrogens (tertiary/aromatic N) is 3. The molecule has 1 aliphatic heterocycles. The monoisotopic (exact) mass is 570 g/mol. The maximum Gasteiger partial charge on any atom is 0.338 e. The quantitative estimate of drug-likeness (QED) is 0.133. The number of ether oxygens (including phenoxy) is 3. The third-order valence-corrected chi connectivity index (χ3v) is 7.65. The Morgan fingerprint density at radius 3 is 2.67 bits per heavy atom. The Bertz CT molecular complexity index is 1330. The van der Waals surface area contributed by atoms with Gasteiger partial charge in [-0.15, -0.1) is 5.10 Å². The summed E-state index contributed by atoms with van der Waals surface area (Å²) in [5, 5.41) is 9.27. The molecule has 1 atom stereocenters. The van der Waals surface area contributed by atoms with Gasteiger partial charge in [0.15, 0.2) is 11.5 Å². The summed E-state index contributed by atoms with van der Waals surface area (Å²) in [5.41, 5.74) is 2.92. The molecule has 2 aromatic carbocycles. The normalized spacial score (nSPS) is 14.5. The molecule has 3 aromatic rings. The molecular formula is C29H35ClN4O4S. The number of fused-ring (bicyclic) bond motifs is 1. The van der Waals surface area contributed by atoms with Gasteiger partial charge in [-0.25, -0.2) is 9.48 Å². The van der Waals surface area contributed by atoms with Gasteiger partial charge >= 0.3 is 5.97 Å². The summed E-state index contributed by atoms with van der Waals surface area (Å²) in [6.45, 7) is 7.07. The number of anilines is 1. The molecule has 8 nitrogen and oxygen atoms in total. The predicted molar refractivity (Wildman–Crippen MR) is 155 cm³/mol. The van der Waals surface area contributed by atoms with Gasteiger partial charge in [-0.3, -0.25) is 0 Å². The van der Waals surface area contributed by atoms with E-state index >= 15 is 0 Å². The van der Waals surface area contributed by atoms with Crippen molar-refractivity contribution in [2.24, 2.45) is 0 Å². The average Bonchev–Trinajstić information content (AvgIpc) is 3.34. The van der Waals surface area contributed by atoms with Crippen LogP contribution in [0.5, 0.6) is 11.5 Å². The minimum absolute atomic E-state index is 0.439. The number of thioether (sulfide) groups is 1. The van der Waals surface area contributed by atoms with Gasteiger partial charge in [0.05, 0.1) is 25.9 Å². The number of halogens is 1. The zero-order chi connectivity index (χ0) is 27.8. The van der Waals surface area contributed by atoms with Crippen LogP contribution in [0.15, 0.2) is 58.9 Å². The van der Waals surface area contributed by atoms with E-state index in [4.69, 9.17) is 35.9 Å². The number of carbonyl (C=O) groups is 1. The number of rotatable bonds is 13. The summed E-state index contributed by atoms with van der Waals surface area (Å²) in [4.78, 5) is 17.7. The van der Waals surface area contributed by atoms with Crippen molar-refractivity contribution in [2.75, 3.05) is 25.6 Å². The van der Waals surface area contributed by atoms with Gasteiger partial charge < -0.3 is 19.5 Å². The molecule has 208 valence electrons. The van der Waals surface area contributed by atoms with Crippen molar-refractivity contribution in [3.8, 4) is 11.5 Å². The van der Waals surface area contributed by atoms with Gasteiger partial charge in [0.1, 0.15) is 6.04 Å². The molecule has 0 amide bonds. The van der Waals surface area contributed by atoms with E-state index in [1.165, 1.54) is 31.7 Å². The minimum Gasteiger partial charge on any atom is -0.490 e. The zero-order valence-corrected chi connectivity index (χ0v) is 24.4. The molecule has 1 N–H and O–H groups in total. The molecule has 0 aliphatic carbocycles. The topological polar surface area (TPSA) is 87.5 Å². The Morgan fingerprint density at radius 1 is 1.10 bits per heavy atom. The van der Waals surface area contributed by atoms with Crippen molar-refractivity contribution in [3.05, 3.63) is 69.9 Å². The second kappa shape index (κ2) is 13.8. The van der Waals surface area contributed by atoms with Crippen molar-refractivity contribution < 1.29 is 19.0 Å². The van der Waals surface area contributed by atoms with Crippen LogP contribution in [0.25, 0.3) is 0 Å². The molecule has 0 saturated heterocycles. The Morgan fingerprint density at radius 2 is 1.92 bits per heavy atom. The van der Waals surface area contributed by atoms with Crippen LogP contribution < -0.4 is 14.8 Å². The number of aromatic nitrogens is 3. The van der Waals surface area contributed by atoms with Gasteiger partial charge in [0.2, 0.25) is 11.1 Å². The van der Waals surface area contributed by atoms with Crippen LogP contribution in [0.4, 0.5) is 5.95 Å². The van der Waals surface area contributed by atoms with Crippen molar-refractivity contribution in [1.82, 2.24) is 14.8 Å². The van der Waals surface area contributed by atoms with Crippen LogP contribution in [-0.2, 0) is 15.3 Å². The molecule has 39 heavy (non-hydrogen) atoms. The van der Waals surface area contributed by atoms with E-state index in [0.717, 1.165) is 24.0 Å². The number of nitrogens with one attached hydrogen (secondary N) is 1. The molecule has 0 saturated carbocycles. The highest BCUT2D eigenvalue weighted by atomic mass is 35.5. The third-order valence-electron chi connectivity index (χ3n) is 6.39. The third kappa shape index (κ3) is 6.89. The lowest BCUT2D eigenvalue weighted by Crippen LogP contribution is -2.29. The molecule has 4 rings (SSSR count). The fraction of sp³-hybridized carbons (Fsp3) is 0.414. The van der Waals surface area contributed by atoms with E-state index in [1.807, 2.05) is 56.3 Å². The molecule has 0 bridgehead atoms. The van der Waals surface area contributed by atoms with E-state index in [2.05, 4.69) is 12.2 Å². The number of allylic oxidation sites excluding steroid dienone is 1. The lowest BCUT2D eigenvalue weighted by atomic mass is 9.95. The molecule has 1 aliphatic rings. The van der Waals surface area contributed by atoms with Gasteiger partial charge in [-0.2, -0.15) is 4.98 Å². The second-order valence-corrected chi connectivity index (χ2v) is 10.5. The molecule has 1 unspecified atom stereocenters. The summed E-state index contributed by atoms with van der Waals surface area (Å²) >= 11 is 7.82. The summed E-state index contributed by atoms with van der Waals surface area (Å²) in [6.07, 6.45) is 4.49. The Labute approximate surface area is 239 Å². The highest BCUT2D eigenvalue weighted by Crippen LogP contribution is 2.40. The number of carbonyl (C=O) groups excluding carboxylic acids is 1. The van der Waals surface area contributed by atoms with Crippen LogP contribution in [0.2, 0.25) is 5.02 Å². The first-order chi connectivity index (χ1) is 19.0. The number of unbranched alkanes of at least 4 members (excludes halogenated alkanes) is 3. The van der Waals surface area contributed by atoms with Gasteiger partial charge in [0, 0.05) is 16.5 Å². The van der Waals surface area contributed by atoms with E-state index in [9.17, 15) is 4.79 Å². The van der Waals surface area contributed by atoms with Gasteiger partial charge in [-0.1, -0.05) is 73.8 Å². The molecule has 10 heteroatoms. The standard InChI is InChI=1S/C29H35ClN4O4S/c1-5-7-8-11-16-38-23-15-14-20(17-24(23)37-6-2)26-25(27(35)36-4)19(3)31-28-32-29(33-34(26)28)39-18-21-12-9-10-13-22(21)30/h9-10,12-15,17,26H,5-8,11,16,18H2,1-4H3,(H,31,32,33). The maximum atomic E-state index is 13.0. The summed E-state index contributed by atoms with van der Waals surface area (Å²) in [6, 6.07) is 12.9. The number of methoxy groups -OCH3 is 1.